The second kappa shape index (κ2) is 10.3. The van der Waals surface area contributed by atoms with E-state index in [2.05, 4.69) is 38.6 Å². The first-order valence-electron chi connectivity index (χ1n) is 8.88. The predicted octanol–water partition coefficient (Wildman–Crippen LogP) is 0.810. The number of carbonyl (C=O) groups is 1. The van der Waals surface area contributed by atoms with Crippen LogP contribution in [-0.2, 0) is 17.9 Å². The number of nitrogens with zero attached hydrogens (tertiary/aromatic N) is 5. The van der Waals surface area contributed by atoms with Gasteiger partial charge in [-0.3, -0.25) is 18.7 Å². The zero-order valence-electron chi connectivity index (χ0n) is 16.1. The molecule has 0 atom stereocenters. The molecule has 0 amide bonds. The molecule has 11 heteroatoms. The molecule has 0 bridgehead atoms. The van der Waals surface area contributed by atoms with Crippen molar-refractivity contribution >= 4 is 47.3 Å². The van der Waals surface area contributed by atoms with Crippen LogP contribution in [0.1, 0.15) is 6.92 Å². The highest BCUT2D eigenvalue weighted by Crippen LogP contribution is 2.23. The number of rotatable bonds is 7. The molecule has 1 aliphatic heterocycles. The number of hydrogen-bond acceptors (Lipinski definition) is 7. The minimum Gasteiger partial charge on any atom is -0.481 e. The van der Waals surface area contributed by atoms with Gasteiger partial charge in [0, 0.05) is 32.7 Å². The van der Waals surface area contributed by atoms with Crippen LogP contribution in [-0.4, -0.2) is 62.1 Å². The standard InChI is InChI=1S/C18H22N6O3S.ClH/c1-3-5-9-23-14-15(20-17(23)22-10-6-19-7-11-22)21-18(28-12-13(25)26)24(8-4-2)16(14)27;/h4,19H,2,6-12H2,1H3,(H,25,26);1H. The monoisotopic (exact) mass is 438 g/mol. The molecule has 2 N–H and O–H groups in total. The van der Waals surface area contributed by atoms with E-state index in [1.54, 1.807) is 17.6 Å². The number of anilines is 1. The summed E-state index contributed by atoms with van der Waals surface area (Å²) in [6.07, 6.45) is 1.59. The predicted molar refractivity (Wildman–Crippen MR) is 116 cm³/mol. The van der Waals surface area contributed by atoms with Crippen molar-refractivity contribution in [3.8, 4) is 11.8 Å². The molecular formula is C18H23ClN6O3S. The fraction of sp³-hybridized carbons (Fsp3) is 0.444. The van der Waals surface area contributed by atoms with Gasteiger partial charge in [-0.25, -0.2) is 4.98 Å². The topological polar surface area (TPSA) is 105 Å². The van der Waals surface area contributed by atoms with Gasteiger partial charge in [-0.2, -0.15) is 4.98 Å². The molecule has 0 radical (unpaired) electrons. The van der Waals surface area contributed by atoms with E-state index in [9.17, 15) is 9.59 Å². The zero-order chi connectivity index (χ0) is 20.1. The number of aliphatic carboxylic acids is 1. The van der Waals surface area contributed by atoms with Gasteiger partial charge in [-0.15, -0.1) is 24.9 Å². The van der Waals surface area contributed by atoms with E-state index in [1.807, 2.05) is 0 Å². The largest absolute Gasteiger partial charge is 0.481 e. The van der Waals surface area contributed by atoms with Gasteiger partial charge in [-0.1, -0.05) is 23.8 Å². The lowest BCUT2D eigenvalue weighted by atomic mass is 10.4. The molecule has 2 aromatic rings. The van der Waals surface area contributed by atoms with E-state index in [0.717, 1.165) is 37.9 Å². The number of nitrogens with one attached hydrogen (secondary N) is 1. The first-order chi connectivity index (χ1) is 13.6. The van der Waals surface area contributed by atoms with E-state index in [4.69, 9.17) is 5.11 Å². The molecule has 1 fully saturated rings. The van der Waals surface area contributed by atoms with E-state index in [-0.39, 0.29) is 30.3 Å². The van der Waals surface area contributed by atoms with Crippen molar-refractivity contribution in [3.05, 3.63) is 23.0 Å². The third-order valence-corrected chi connectivity index (χ3v) is 5.22. The summed E-state index contributed by atoms with van der Waals surface area (Å²) >= 11 is 0.996. The number of piperazine rings is 1. The third kappa shape index (κ3) is 4.93. The smallest absolute Gasteiger partial charge is 0.313 e. The second-order valence-electron chi connectivity index (χ2n) is 6.12. The van der Waals surface area contributed by atoms with Crippen LogP contribution in [0.3, 0.4) is 0 Å². The lowest BCUT2D eigenvalue weighted by molar-refractivity contribution is -0.133. The van der Waals surface area contributed by atoms with E-state index in [1.165, 1.54) is 4.57 Å². The van der Waals surface area contributed by atoms with E-state index < -0.39 is 5.97 Å². The third-order valence-electron chi connectivity index (χ3n) is 4.26. The fourth-order valence-electron chi connectivity index (χ4n) is 3.02. The number of thioether (sulfide) groups is 1. The van der Waals surface area contributed by atoms with Crippen molar-refractivity contribution < 1.29 is 9.90 Å². The summed E-state index contributed by atoms with van der Waals surface area (Å²) in [6, 6.07) is 0. The molecule has 9 nitrogen and oxygen atoms in total. The summed E-state index contributed by atoms with van der Waals surface area (Å²) in [6.45, 7) is 9.20. The summed E-state index contributed by atoms with van der Waals surface area (Å²) in [5, 5.41) is 12.6. The minimum absolute atomic E-state index is 0. The SMILES string of the molecule is C=CCn1c(SCC(=O)O)nc2nc(N3CCNCC3)n(CC#CC)c2c1=O.Cl. The Kier molecular flexibility index (Phi) is 8.13. The Balaban J connectivity index is 0.00000300. The molecule has 0 unspecified atom stereocenters. The number of aromatic nitrogens is 4. The zero-order valence-corrected chi connectivity index (χ0v) is 17.7. The quantitative estimate of drug-likeness (QED) is 0.283. The average Bonchev–Trinajstić information content (AvgIpc) is 3.06. The van der Waals surface area contributed by atoms with Crippen molar-refractivity contribution in [1.82, 2.24) is 24.4 Å². The van der Waals surface area contributed by atoms with Gasteiger partial charge in [0.15, 0.2) is 16.3 Å². The highest BCUT2D eigenvalue weighted by Gasteiger charge is 2.23. The molecule has 2 aromatic heterocycles. The van der Waals surface area contributed by atoms with Crippen LogP contribution in [0, 0.1) is 11.8 Å². The number of hydrogen-bond donors (Lipinski definition) is 2. The van der Waals surface area contributed by atoms with Crippen LogP contribution in [0.5, 0.6) is 0 Å². The molecule has 0 spiro atoms. The van der Waals surface area contributed by atoms with Gasteiger partial charge in [0.2, 0.25) is 5.95 Å². The van der Waals surface area contributed by atoms with Crippen LogP contribution in [0.25, 0.3) is 11.2 Å². The molecular weight excluding hydrogens is 416 g/mol. The molecule has 3 heterocycles. The molecule has 0 saturated carbocycles. The number of imidazole rings is 1. The van der Waals surface area contributed by atoms with Crippen molar-refractivity contribution in [1.29, 1.82) is 0 Å². The minimum atomic E-state index is -0.977. The van der Waals surface area contributed by atoms with Gasteiger partial charge in [0.05, 0.1) is 12.3 Å². The van der Waals surface area contributed by atoms with Crippen LogP contribution < -0.4 is 15.8 Å². The fourth-order valence-corrected chi connectivity index (χ4v) is 3.74. The Morgan fingerprint density at radius 3 is 2.69 bits per heavy atom. The lowest BCUT2D eigenvalue weighted by Gasteiger charge is -2.28. The number of fused-ring (bicyclic) bond motifs is 1. The molecule has 1 saturated heterocycles. The van der Waals surface area contributed by atoms with Gasteiger partial charge in [0.1, 0.15) is 0 Å². The lowest BCUT2D eigenvalue weighted by Crippen LogP contribution is -2.44. The first kappa shape index (κ1) is 22.8. The van der Waals surface area contributed by atoms with Crippen molar-refractivity contribution in [3.63, 3.8) is 0 Å². The molecule has 29 heavy (non-hydrogen) atoms. The van der Waals surface area contributed by atoms with Gasteiger partial charge < -0.3 is 15.3 Å². The van der Waals surface area contributed by atoms with Crippen LogP contribution >= 0.6 is 24.2 Å². The number of carboxylic acid groups (broad SMARTS) is 1. The highest BCUT2D eigenvalue weighted by atomic mass is 35.5. The second-order valence-corrected chi connectivity index (χ2v) is 7.06. The molecule has 0 aromatic carbocycles. The van der Waals surface area contributed by atoms with Crippen molar-refractivity contribution in [2.45, 2.75) is 25.2 Å². The summed E-state index contributed by atoms with van der Waals surface area (Å²) in [5.41, 5.74) is 0.409. The first-order valence-corrected chi connectivity index (χ1v) is 9.87. The molecule has 156 valence electrons. The van der Waals surface area contributed by atoms with Gasteiger partial charge in [-0.05, 0) is 6.92 Å². The van der Waals surface area contributed by atoms with Crippen molar-refractivity contribution in [2.24, 2.45) is 0 Å². The maximum atomic E-state index is 13.2. The number of allylic oxidation sites excluding steroid dienone is 1. The number of carboxylic acids is 1. The summed E-state index contributed by atoms with van der Waals surface area (Å²) in [4.78, 5) is 35.4. The molecule has 1 aliphatic rings. The van der Waals surface area contributed by atoms with Crippen LogP contribution in [0.15, 0.2) is 22.6 Å². The molecule has 0 aliphatic carbocycles. The highest BCUT2D eigenvalue weighted by molar-refractivity contribution is 7.99. The summed E-state index contributed by atoms with van der Waals surface area (Å²) in [7, 11) is 0. The maximum absolute atomic E-state index is 13.2. The van der Waals surface area contributed by atoms with Crippen LogP contribution in [0.2, 0.25) is 0 Å². The average molecular weight is 439 g/mol. The Hall–Kier alpha value is -2.48. The number of halogens is 1. The molecule has 3 rings (SSSR count). The Morgan fingerprint density at radius 2 is 2.07 bits per heavy atom. The van der Waals surface area contributed by atoms with Gasteiger partial charge >= 0.3 is 5.97 Å². The van der Waals surface area contributed by atoms with Gasteiger partial charge in [0.25, 0.3) is 5.56 Å². The normalized spacial score (nSPS) is 13.5. The van der Waals surface area contributed by atoms with E-state index in [0.29, 0.717) is 28.8 Å². The summed E-state index contributed by atoms with van der Waals surface area (Å²) < 4.78 is 3.24. The van der Waals surface area contributed by atoms with Crippen LogP contribution in [0.4, 0.5) is 5.95 Å². The Labute approximate surface area is 178 Å². The summed E-state index contributed by atoms with van der Waals surface area (Å²) in [5.74, 6) is 5.36. The maximum Gasteiger partial charge on any atom is 0.313 e. The Bertz CT molecular complexity index is 1020. The van der Waals surface area contributed by atoms with E-state index >= 15 is 0 Å². The Morgan fingerprint density at radius 1 is 1.34 bits per heavy atom. The van der Waals surface area contributed by atoms with Crippen molar-refractivity contribution in [2.75, 3.05) is 36.8 Å².